The number of hydrogen-bond acceptors (Lipinski definition) is 2. The van der Waals surface area contributed by atoms with Gasteiger partial charge in [0.15, 0.2) is 5.78 Å². The van der Waals surface area contributed by atoms with Gasteiger partial charge >= 0.3 is 6.18 Å². The van der Waals surface area contributed by atoms with E-state index in [1.165, 1.54) is 6.07 Å². The lowest BCUT2D eigenvalue weighted by molar-refractivity contribution is -0.125. The van der Waals surface area contributed by atoms with Crippen molar-refractivity contribution in [1.82, 2.24) is 0 Å². The minimum Gasteiger partial charge on any atom is -0.293 e. The number of halogens is 4. The predicted molar refractivity (Wildman–Crippen MR) is 51.8 cm³/mol. The minimum atomic E-state index is -4.43. The molecule has 0 N–H and O–H groups in total. The molecule has 6 heteroatoms. The van der Waals surface area contributed by atoms with Gasteiger partial charge in [-0.2, -0.15) is 13.2 Å². The lowest BCUT2D eigenvalue weighted by Gasteiger charge is -2.02. The lowest BCUT2D eigenvalue weighted by atomic mass is 10.2. The molecule has 0 spiro atoms. The topological polar surface area (TPSA) is 17.1 Å². The van der Waals surface area contributed by atoms with Crippen molar-refractivity contribution in [2.24, 2.45) is 0 Å². The average molecular weight is 287 g/mol. The summed E-state index contributed by atoms with van der Waals surface area (Å²) in [6, 6.07) is 1.46. The molecule has 1 rings (SSSR count). The second-order valence-corrected chi connectivity index (χ2v) is 5.15. The van der Waals surface area contributed by atoms with Crippen LogP contribution in [0.2, 0.25) is 0 Å². The number of aryl methyl sites for hydroxylation is 1. The van der Waals surface area contributed by atoms with E-state index in [1.807, 2.05) is 0 Å². The number of Topliss-reactive ketones (excluding diaryl/α,β-unsaturated/α-hetero) is 1. The SMILES string of the molecule is Cc1cc(C(=O)CC(F)(F)F)sc1Br. The van der Waals surface area contributed by atoms with Crippen molar-refractivity contribution in [1.29, 1.82) is 0 Å². The second kappa shape index (κ2) is 4.02. The Morgan fingerprint density at radius 3 is 2.50 bits per heavy atom. The summed E-state index contributed by atoms with van der Waals surface area (Å²) < 4.78 is 36.3. The molecule has 1 aromatic rings. The highest BCUT2D eigenvalue weighted by atomic mass is 79.9. The first-order valence-electron chi connectivity index (χ1n) is 3.65. The Kier molecular flexibility index (Phi) is 3.36. The Labute approximate surface area is 91.1 Å². The number of thiophene rings is 1. The van der Waals surface area contributed by atoms with Gasteiger partial charge < -0.3 is 0 Å². The monoisotopic (exact) mass is 286 g/mol. The molecule has 0 bridgehead atoms. The summed E-state index contributed by atoms with van der Waals surface area (Å²) in [5.74, 6) is -0.878. The predicted octanol–water partition coefficient (Wildman–Crippen LogP) is 3.95. The fourth-order valence-corrected chi connectivity index (χ4v) is 2.34. The maximum atomic E-state index is 11.9. The largest absolute Gasteiger partial charge is 0.396 e. The number of alkyl halides is 3. The van der Waals surface area contributed by atoms with Gasteiger partial charge in [-0.3, -0.25) is 4.79 Å². The van der Waals surface area contributed by atoms with Crippen LogP contribution < -0.4 is 0 Å². The normalized spacial score (nSPS) is 11.8. The summed E-state index contributed by atoms with van der Waals surface area (Å²) in [6.45, 7) is 1.73. The van der Waals surface area contributed by atoms with Crippen molar-refractivity contribution >= 4 is 33.0 Å². The molecule has 0 radical (unpaired) electrons. The van der Waals surface area contributed by atoms with E-state index in [9.17, 15) is 18.0 Å². The molecule has 14 heavy (non-hydrogen) atoms. The summed E-state index contributed by atoms with van der Waals surface area (Å²) in [5, 5.41) is 0. The average Bonchev–Trinajstić information content (AvgIpc) is 2.28. The summed E-state index contributed by atoms with van der Waals surface area (Å²) >= 11 is 4.18. The standard InChI is InChI=1S/C8H6BrF3OS/c1-4-2-6(14-7(4)9)5(13)3-8(10,11)12/h2H,3H2,1H3. The molecule has 0 aliphatic rings. The fourth-order valence-electron chi connectivity index (χ4n) is 0.866. The van der Waals surface area contributed by atoms with E-state index < -0.39 is 18.4 Å². The molecular weight excluding hydrogens is 281 g/mol. The first-order valence-corrected chi connectivity index (χ1v) is 5.26. The van der Waals surface area contributed by atoms with Gasteiger partial charge in [0, 0.05) is 0 Å². The number of carbonyl (C=O) groups excluding carboxylic acids is 1. The Morgan fingerprint density at radius 2 is 2.14 bits per heavy atom. The molecule has 0 saturated heterocycles. The van der Waals surface area contributed by atoms with Crippen LogP contribution in [0.1, 0.15) is 21.7 Å². The number of ketones is 1. The Morgan fingerprint density at radius 1 is 1.57 bits per heavy atom. The molecular formula is C8H6BrF3OS. The molecule has 0 unspecified atom stereocenters. The zero-order valence-corrected chi connectivity index (χ0v) is 9.52. The summed E-state index contributed by atoms with van der Waals surface area (Å²) in [6.07, 6.45) is -5.82. The maximum absolute atomic E-state index is 11.9. The van der Waals surface area contributed by atoms with Crippen LogP contribution in [-0.4, -0.2) is 12.0 Å². The van der Waals surface area contributed by atoms with Gasteiger partial charge in [-0.05, 0) is 34.5 Å². The summed E-state index contributed by atoms with van der Waals surface area (Å²) in [4.78, 5) is 11.2. The molecule has 0 aliphatic heterocycles. The van der Waals surface area contributed by atoms with Crippen LogP contribution in [0.4, 0.5) is 13.2 Å². The van der Waals surface area contributed by atoms with Crippen molar-refractivity contribution in [3.05, 3.63) is 20.3 Å². The van der Waals surface area contributed by atoms with Crippen LogP contribution in [0.3, 0.4) is 0 Å². The van der Waals surface area contributed by atoms with Gasteiger partial charge in [-0.15, -0.1) is 11.3 Å². The first-order chi connectivity index (χ1) is 6.29. The highest BCUT2D eigenvalue weighted by molar-refractivity contribution is 9.11. The van der Waals surface area contributed by atoms with Crippen molar-refractivity contribution in [2.45, 2.75) is 19.5 Å². The third kappa shape index (κ3) is 3.09. The number of rotatable bonds is 2. The Hall–Kier alpha value is -0.360. The molecule has 0 aliphatic carbocycles. The van der Waals surface area contributed by atoms with Gasteiger partial charge in [-0.1, -0.05) is 0 Å². The summed E-state index contributed by atoms with van der Waals surface area (Å²) in [5.41, 5.74) is 0.778. The number of hydrogen-bond donors (Lipinski definition) is 0. The Balaban J connectivity index is 2.80. The van der Waals surface area contributed by atoms with Crippen LogP contribution >= 0.6 is 27.3 Å². The molecule has 1 nitrogen and oxygen atoms in total. The third-order valence-corrected chi connectivity index (χ3v) is 3.67. The van der Waals surface area contributed by atoms with E-state index in [0.29, 0.717) is 3.79 Å². The highest BCUT2D eigenvalue weighted by Gasteiger charge is 2.32. The molecule has 0 saturated carbocycles. The van der Waals surface area contributed by atoms with Crippen LogP contribution in [0.5, 0.6) is 0 Å². The van der Waals surface area contributed by atoms with Crippen LogP contribution in [0.15, 0.2) is 9.85 Å². The van der Waals surface area contributed by atoms with Crippen molar-refractivity contribution in [2.75, 3.05) is 0 Å². The quantitative estimate of drug-likeness (QED) is 0.753. The zero-order chi connectivity index (χ0) is 10.9. The molecule has 0 aromatic carbocycles. The van der Waals surface area contributed by atoms with Crippen LogP contribution in [0.25, 0.3) is 0 Å². The number of carbonyl (C=O) groups is 1. The molecule has 0 amide bonds. The first kappa shape index (κ1) is 11.7. The Bertz CT molecular complexity index is 336. The van der Waals surface area contributed by atoms with E-state index in [-0.39, 0.29) is 4.88 Å². The molecule has 0 fully saturated rings. The van der Waals surface area contributed by atoms with E-state index in [2.05, 4.69) is 15.9 Å². The third-order valence-electron chi connectivity index (χ3n) is 1.49. The zero-order valence-electron chi connectivity index (χ0n) is 7.11. The van der Waals surface area contributed by atoms with Gasteiger partial charge in [0.2, 0.25) is 0 Å². The van der Waals surface area contributed by atoms with E-state index in [4.69, 9.17) is 0 Å². The highest BCUT2D eigenvalue weighted by Crippen LogP contribution is 2.30. The van der Waals surface area contributed by atoms with Crippen LogP contribution in [0, 0.1) is 6.92 Å². The van der Waals surface area contributed by atoms with E-state index >= 15 is 0 Å². The van der Waals surface area contributed by atoms with Gasteiger partial charge in [0.05, 0.1) is 8.66 Å². The second-order valence-electron chi connectivity index (χ2n) is 2.78. The van der Waals surface area contributed by atoms with Crippen LogP contribution in [-0.2, 0) is 0 Å². The minimum absolute atomic E-state index is 0.145. The van der Waals surface area contributed by atoms with Gasteiger partial charge in [0.25, 0.3) is 0 Å². The molecule has 78 valence electrons. The molecule has 1 heterocycles. The summed E-state index contributed by atoms with van der Waals surface area (Å²) in [7, 11) is 0. The molecule has 0 atom stereocenters. The van der Waals surface area contributed by atoms with E-state index in [0.717, 1.165) is 16.9 Å². The van der Waals surface area contributed by atoms with Crippen molar-refractivity contribution in [3.8, 4) is 0 Å². The van der Waals surface area contributed by atoms with E-state index in [1.54, 1.807) is 6.92 Å². The lowest BCUT2D eigenvalue weighted by Crippen LogP contribution is -2.14. The smallest absolute Gasteiger partial charge is 0.293 e. The van der Waals surface area contributed by atoms with Crippen molar-refractivity contribution < 1.29 is 18.0 Å². The maximum Gasteiger partial charge on any atom is 0.396 e. The van der Waals surface area contributed by atoms with Gasteiger partial charge in [0.1, 0.15) is 6.42 Å². The molecule has 1 aromatic heterocycles. The van der Waals surface area contributed by atoms with Gasteiger partial charge in [-0.25, -0.2) is 0 Å². The van der Waals surface area contributed by atoms with Crippen molar-refractivity contribution in [3.63, 3.8) is 0 Å². The fraction of sp³-hybridized carbons (Fsp3) is 0.375.